The van der Waals surface area contributed by atoms with Gasteiger partial charge in [-0.2, -0.15) is 0 Å². The molecule has 0 bridgehead atoms. The number of anilines is 1. The molecule has 0 unspecified atom stereocenters. The summed E-state index contributed by atoms with van der Waals surface area (Å²) in [6.45, 7) is 6.52. The van der Waals surface area contributed by atoms with Crippen LogP contribution in [0, 0.1) is 6.07 Å². The average Bonchev–Trinajstić information content (AvgIpc) is 1.86. The van der Waals surface area contributed by atoms with Gasteiger partial charge in [0.2, 0.25) is 0 Å². The van der Waals surface area contributed by atoms with E-state index >= 15 is 0 Å². The van der Waals surface area contributed by atoms with Crippen LogP contribution in [0.5, 0.6) is 0 Å². The smallest absolute Gasteiger partial charge is 0.0394 e. The third kappa shape index (κ3) is 1.97. The summed E-state index contributed by atoms with van der Waals surface area (Å²) in [6, 6.07) is 8.87. The largest absolute Gasteiger partial charge is 0.398 e. The summed E-state index contributed by atoms with van der Waals surface area (Å²) >= 11 is 0. The molecule has 1 heteroatoms. The number of rotatable bonds is 0. The van der Waals surface area contributed by atoms with Crippen molar-refractivity contribution < 1.29 is 0 Å². The van der Waals surface area contributed by atoms with E-state index in [2.05, 4.69) is 26.8 Å². The third-order valence-corrected chi connectivity index (χ3v) is 1.70. The minimum Gasteiger partial charge on any atom is -0.398 e. The van der Waals surface area contributed by atoms with Gasteiger partial charge in [-0.15, -0.1) is 0 Å². The van der Waals surface area contributed by atoms with Crippen LogP contribution >= 0.6 is 0 Å². The molecule has 1 radical (unpaired) electrons. The van der Waals surface area contributed by atoms with Gasteiger partial charge in [0, 0.05) is 11.8 Å². The van der Waals surface area contributed by atoms with Crippen molar-refractivity contribution in [2.24, 2.45) is 0 Å². The topological polar surface area (TPSA) is 26.0 Å². The van der Waals surface area contributed by atoms with Gasteiger partial charge in [0.1, 0.15) is 0 Å². The predicted molar refractivity (Wildman–Crippen MR) is 48.4 cm³/mol. The fourth-order valence-corrected chi connectivity index (χ4v) is 0.903. The van der Waals surface area contributed by atoms with Crippen molar-refractivity contribution in [3.8, 4) is 0 Å². The summed E-state index contributed by atoms with van der Waals surface area (Å²) in [5.41, 5.74) is 7.69. The molecule has 1 rings (SSSR count). The summed E-state index contributed by atoms with van der Waals surface area (Å²) in [6.07, 6.45) is 0. The van der Waals surface area contributed by atoms with Crippen molar-refractivity contribution in [3.05, 3.63) is 29.8 Å². The number of hydrogen-bond acceptors (Lipinski definition) is 1. The molecule has 0 fully saturated rings. The Hall–Kier alpha value is -0.980. The third-order valence-electron chi connectivity index (χ3n) is 1.70. The molecule has 59 valence electrons. The Labute approximate surface area is 68.2 Å². The van der Waals surface area contributed by atoms with E-state index in [1.807, 2.05) is 18.2 Å². The van der Waals surface area contributed by atoms with Crippen molar-refractivity contribution in [2.75, 3.05) is 5.73 Å². The minimum absolute atomic E-state index is 0.199. The van der Waals surface area contributed by atoms with Crippen LogP contribution in [-0.2, 0) is 5.41 Å². The second-order valence-corrected chi connectivity index (χ2v) is 3.78. The van der Waals surface area contributed by atoms with Crippen molar-refractivity contribution in [3.63, 3.8) is 0 Å². The molecule has 2 N–H and O–H groups in total. The first-order chi connectivity index (χ1) is 5.00. The first kappa shape index (κ1) is 8.12. The van der Waals surface area contributed by atoms with E-state index in [0.29, 0.717) is 5.69 Å². The van der Waals surface area contributed by atoms with Crippen molar-refractivity contribution in [1.29, 1.82) is 0 Å². The zero-order chi connectivity index (χ0) is 8.48. The lowest BCUT2D eigenvalue weighted by atomic mass is 9.87. The van der Waals surface area contributed by atoms with Crippen LogP contribution in [0.25, 0.3) is 0 Å². The summed E-state index contributed by atoms with van der Waals surface area (Å²) in [4.78, 5) is 0. The highest BCUT2D eigenvalue weighted by Crippen LogP contribution is 2.22. The molecule has 0 aliphatic carbocycles. The molecule has 0 aliphatic rings. The Balaban J connectivity index is 2.99. The lowest BCUT2D eigenvalue weighted by molar-refractivity contribution is 0.590. The van der Waals surface area contributed by atoms with Crippen molar-refractivity contribution >= 4 is 5.69 Å². The molecule has 0 amide bonds. The van der Waals surface area contributed by atoms with Gasteiger partial charge in [0.15, 0.2) is 0 Å². The van der Waals surface area contributed by atoms with Crippen LogP contribution in [0.3, 0.4) is 0 Å². The highest BCUT2D eigenvalue weighted by atomic mass is 14.5. The normalized spacial score (nSPS) is 11.5. The molecule has 0 heterocycles. The highest BCUT2D eigenvalue weighted by Gasteiger charge is 2.12. The molecule has 0 aromatic heterocycles. The second kappa shape index (κ2) is 2.57. The van der Waals surface area contributed by atoms with Gasteiger partial charge >= 0.3 is 0 Å². The van der Waals surface area contributed by atoms with Gasteiger partial charge in [0.25, 0.3) is 0 Å². The molecule has 11 heavy (non-hydrogen) atoms. The molecule has 0 atom stereocenters. The first-order valence-electron chi connectivity index (χ1n) is 3.78. The van der Waals surface area contributed by atoms with Crippen LogP contribution in [0.2, 0.25) is 0 Å². The van der Waals surface area contributed by atoms with Gasteiger partial charge in [-0.05, 0) is 23.1 Å². The summed E-state index contributed by atoms with van der Waals surface area (Å²) < 4.78 is 0. The standard InChI is InChI=1S/C10H14N/c1-10(2,3)8-4-6-9(11)7-5-8/h4-6H,11H2,1-3H3. The Morgan fingerprint density at radius 3 is 2.27 bits per heavy atom. The number of hydrogen-bond donors (Lipinski definition) is 1. The van der Waals surface area contributed by atoms with Crippen molar-refractivity contribution in [2.45, 2.75) is 26.2 Å². The minimum atomic E-state index is 0.199. The van der Waals surface area contributed by atoms with E-state index in [4.69, 9.17) is 5.73 Å². The van der Waals surface area contributed by atoms with Gasteiger partial charge < -0.3 is 5.73 Å². The fraction of sp³-hybridized carbons (Fsp3) is 0.400. The SMILES string of the molecule is CC(C)(C)c1c[c]c(N)cc1. The molecule has 0 saturated carbocycles. The van der Waals surface area contributed by atoms with E-state index in [9.17, 15) is 0 Å². The van der Waals surface area contributed by atoms with Gasteiger partial charge in [-0.3, -0.25) is 0 Å². The number of nitrogen functional groups attached to an aromatic ring is 1. The van der Waals surface area contributed by atoms with E-state index in [-0.39, 0.29) is 5.41 Å². The molecule has 0 spiro atoms. The molecular weight excluding hydrogens is 134 g/mol. The maximum atomic E-state index is 5.51. The maximum Gasteiger partial charge on any atom is 0.0394 e. The van der Waals surface area contributed by atoms with E-state index in [1.165, 1.54) is 5.56 Å². The van der Waals surface area contributed by atoms with Crippen LogP contribution < -0.4 is 5.73 Å². The Morgan fingerprint density at radius 2 is 1.91 bits per heavy atom. The first-order valence-corrected chi connectivity index (χ1v) is 3.78. The Bertz CT molecular complexity index is 228. The number of nitrogens with two attached hydrogens (primary N) is 1. The predicted octanol–water partition coefficient (Wildman–Crippen LogP) is 2.37. The van der Waals surface area contributed by atoms with E-state index in [1.54, 1.807) is 0 Å². The molecule has 1 aromatic rings. The molecular formula is C10H14N. The molecule has 1 aromatic carbocycles. The summed E-state index contributed by atoms with van der Waals surface area (Å²) in [5, 5.41) is 0. The van der Waals surface area contributed by atoms with E-state index < -0.39 is 0 Å². The van der Waals surface area contributed by atoms with Crippen LogP contribution in [-0.4, -0.2) is 0 Å². The lowest BCUT2D eigenvalue weighted by Crippen LogP contribution is -2.10. The molecule has 0 saturated heterocycles. The average molecular weight is 148 g/mol. The Kier molecular flexibility index (Phi) is 1.90. The molecule has 0 aliphatic heterocycles. The second-order valence-electron chi connectivity index (χ2n) is 3.78. The Morgan fingerprint density at radius 1 is 1.27 bits per heavy atom. The quantitative estimate of drug-likeness (QED) is 0.561. The monoisotopic (exact) mass is 148 g/mol. The van der Waals surface area contributed by atoms with Crippen LogP contribution in [0.15, 0.2) is 18.2 Å². The van der Waals surface area contributed by atoms with Gasteiger partial charge in [0.05, 0.1) is 0 Å². The van der Waals surface area contributed by atoms with Crippen LogP contribution in [0.1, 0.15) is 26.3 Å². The lowest BCUT2D eigenvalue weighted by Gasteiger charge is -2.18. The van der Waals surface area contributed by atoms with Gasteiger partial charge in [-0.1, -0.05) is 26.8 Å². The van der Waals surface area contributed by atoms with Crippen molar-refractivity contribution in [1.82, 2.24) is 0 Å². The number of benzene rings is 1. The zero-order valence-electron chi connectivity index (χ0n) is 7.31. The van der Waals surface area contributed by atoms with Gasteiger partial charge in [-0.25, -0.2) is 0 Å². The highest BCUT2D eigenvalue weighted by molar-refractivity contribution is 5.39. The van der Waals surface area contributed by atoms with Crippen LogP contribution in [0.4, 0.5) is 5.69 Å². The fourth-order valence-electron chi connectivity index (χ4n) is 0.903. The molecule has 1 nitrogen and oxygen atoms in total. The zero-order valence-corrected chi connectivity index (χ0v) is 7.31. The summed E-state index contributed by atoms with van der Waals surface area (Å²) in [7, 11) is 0. The summed E-state index contributed by atoms with van der Waals surface area (Å²) in [5.74, 6) is 0. The van der Waals surface area contributed by atoms with E-state index in [0.717, 1.165) is 0 Å². The maximum absolute atomic E-state index is 5.51.